The van der Waals surface area contributed by atoms with Gasteiger partial charge < -0.3 is 10.4 Å². The lowest BCUT2D eigenvalue weighted by atomic mass is 9.97. The van der Waals surface area contributed by atoms with Crippen molar-refractivity contribution in [2.45, 2.75) is 32.1 Å². The van der Waals surface area contributed by atoms with E-state index in [1.807, 2.05) is 18.2 Å². The van der Waals surface area contributed by atoms with E-state index in [4.69, 9.17) is 5.11 Å². The van der Waals surface area contributed by atoms with Gasteiger partial charge in [-0.25, -0.2) is 0 Å². The molecule has 0 bridgehead atoms. The Morgan fingerprint density at radius 1 is 1.28 bits per heavy atom. The van der Waals surface area contributed by atoms with Gasteiger partial charge in [-0.3, -0.25) is 9.59 Å². The summed E-state index contributed by atoms with van der Waals surface area (Å²) in [6.45, 7) is 0.985. The minimum Gasteiger partial charge on any atom is -0.481 e. The Balaban J connectivity index is 2.00. The highest BCUT2D eigenvalue weighted by atomic mass is 16.4. The molecule has 1 aliphatic heterocycles. The molecule has 4 heteroatoms. The predicted octanol–water partition coefficient (Wildman–Crippen LogP) is 2.48. The van der Waals surface area contributed by atoms with Crippen LogP contribution >= 0.6 is 0 Å². The highest BCUT2D eigenvalue weighted by Crippen LogP contribution is 2.23. The number of benzene rings is 1. The first-order valence-corrected chi connectivity index (χ1v) is 6.28. The molecule has 0 amide bonds. The average molecular weight is 247 g/mol. The fraction of sp³-hybridized carbons (Fsp3) is 0.429. The molecule has 0 saturated heterocycles. The third-order valence-electron chi connectivity index (χ3n) is 3.16. The second-order valence-corrected chi connectivity index (χ2v) is 4.57. The maximum Gasteiger partial charge on any atom is 0.303 e. The van der Waals surface area contributed by atoms with Gasteiger partial charge in [0.05, 0.1) is 0 Å². The zero-order valence-corrected chi connectivity index (χ0v) is 10.2. The van der Waals surface area contributed by atoms with Crippen molar-refractivity contribution < 1.29 is 14.7 Å². The molecule has 1 heterocycles. The fourth-order valence-corrected chi connectivity index (χ4v) is 2.19. The highest BCUT2D eigenvalue weighted by molar-refractivity contribution is 5.96. The lowest BCUT2D eigenvalue weighted by Crippen LogP contribution is -2.12. The molecule has 1 aromatic carbocycles. The SMILES string of the molecule is O=C(O)CCCC(=O)c1ccc2c(c1)CCCN2. The van der Waals surface area contributed by atoms with E-state index >= 15 is 0 Å². The van der Waals surface area contributed by atoms with Crippen molar-refractivity contribution in [3.8, 4) is 0 Å². The first kappa shape index (κ1) is 12.6. The Bertz CT molecular complexity index is 468. The van der Waals surface area contributed by atoms with Crippen LogP contribution in [0.4, 0.5) is 5.69 Å². The smallest absolute Gasteiger partial charge is 0.303 e. The maximum absolute atomic E-state index is 11.9. The second kappa shape index (κ2) is 5.67. The predicted molar refractivity (Wildman–Crippen MR) is 69.1 cm³/mol. The molecular weight excluding hydrogens is 230 g/mol. The first-order valence-electron chi connectivity index (χ1n) is 6.28. The summed E-state index contributed by atoms with van der Waals surface area (Å²) in [7, 11) is 0. The number of anilines is 1. The number of carbonyl (C=O) groups excluding carboxylic acids is 1. The molecule has 4 nitrogen and oxygen atoms in total. The molecule has 0 unspecified atom stereocenters. The number of nitrogens with one attached hydrogen (secondary N) is 1. The zero-order chi connectivity index (χ0) is 13.0. The van der Waals surface area contributed by atoms with Crippen LogP contribution in [0.25, 0.3) is 0 Å². The highest BCUT2D eigenvalue weighted by Gasteiger charge is 2.12. The minimum atomic E-state index is -0.850. The Morgan fingerprint density at radius 2 is 2.11 bits per heavy atom. The van der Waals surface area contributed by atoms with Crippen LogP contribution in [0.5, 0.6) is 0 Å². The van der Waals surface area contributed by atoms with Crippen LogP contribution in [0, 0.1) is 0 Å². The van der Waals surface area contributed by atoms with Gasteiger partial charge in [-0.2, -0.15) is 0 Å². The fourth-order valence-electron chi connectivity index (χ4n) is 2.19. The summed E-state index contributed by atoms with van der Waals surface area (Å²) >= 11 is 0. The largest absolute Gasteiger partial charge is 0.481 e. The topological polar surface area (TPSA) is 66.4 Å². The summed E-state index contributed by atoms with van der Waals surface area (Å²) in [5, 5.41) is 11.8. The van der Waals surface area contributed by atoms with Gasteiger partial charge >= 0.3 is 5.97 Å². The van der Waals surface area contributed by atoms with Crippen LogP contribution < -0.4 is 5.32 Å². The molecule has 0 aromatic heterocycles. The van der Waals surface area contributed by atoms with Crippen LogP contribution in [0.2, 0.25) is 0 Å². The molecule has 1 aromatic rings. The van der Waals surface area contributed by atoms with Crippen molar-refractivity contribution in [1.82, 2.24) is 0 Å². The maximum atomic E-state index is 11.9. The quantitative estimate of drug-likeness (QED) is 0.784. The van der Waals surface area contributed by atoms with Crippen LogP contribution in [-0.2, 0) is 11.2 Å². The number of Topliss-reactive ketones (excluding diaryl/α,β-unsaturated/α-hetero) is 1. The standard InChI is InChI=1S/C14H17NO3/c16-13(4-1-5-14(17)18)11-6-7-12-10(9-11)3-2-8-15-12/h6-7,9,15H,1-5,8H2,(H,17,18). The lowest BCUT2D eigenvalue weighted by Gasteiger charge is -2.18. The van der Waals surface area contributed by atoms with E-state index in [0.717, 1.165) is 25.1 Å². The summed E-state index contributed by atoms with van der Waals surface area (Å²) in [6.07, 6.45) is 2.85. The van der Waals surface area contributed by atoms with E-state index in [9.17, 15) is 9.59 Å². The summed E-state index contributed by atoms with van der Waals surface area (Å²) in [5.74, 6) is -0.818. The van der Waals surface area contributed by atoms with Gasteiger partial charge in [0.2, 0.25) is 0 Å². The molecule has 0 atom stereocenters. The molecule has 96 valence electrons. The molecule has 0 radical (unpaired) electrons. The van der Waals surface area contributed by atoms with Crippen molar-refractivity contribution in [2.75, 3.05) is 11.9 Å². The lowest BCUT2D eigenvalue weighted by molar-refractivity contribution is -0.137. The summed E-state index contributed by atoms with van der Waals surface area (Å²) < 4.78 is 0. The van der Waals surface area contributed by atoms with Crippen molar-refractivity contribution >= 4 is 17.4 Å². The summed E-state index contributed by atoms with van der Waals surface area (Å²) in [5.41, 5.74) is 3.00. The molecule has 2 N–H and O–H groups in total. The van der Waals surface area contributed by atoms with E-state index in [2.05, 4.69) is 5.32 Å². The van der Waals surface area contributed by atoms with E-state index in [0.29, 0.717) is 18.4 Å². The van der Waals surface area contributed by atoms with Crippen molar-refractivity contribution in [1.29, 1.82) is 0 Å². The number of aryl methyl sites for hydroxylation is 1. The number of carbonyl (C=O) groups is 2. The number of aliphatic carboxylic acids is 1. The van der Waals surface area contributed by atoms with Crippen molar-refractivity contribution in [3.05, 3.63) is 29.3 Å². The molecule has 0 saturated carbocycles. The van der Waals surface area contributed by atoms with Gasteiger partial charge in [-0.05, 0) is 43.0 Å². The van der Waals surface area contributed by atoms with Gasteiger partial charge in [-0.1, -0.05) is 0 Å². The number of rotatable bonds is 5. The summed E-state index contributed by atoms with van der Waals surface area (Å²) in [6, 6.07) is 5.70. The third kappa shape index (κ3) is 3.09. The van der Waals surface area contributed by atoms with Crippen LogP contribution in [0.1, 0.15) is 41.6 Å². The minimum absolute atomic E-state index is 0.0321. The van der Waals surface area contributed by atoms with E-state index in [1.54, 1.807) is 0 Å². The first-order chi connectivity index (χ1) is 8.66. The molecule has 0 aliphatic carbocycles. The van der Waals surface area contributed by atoms with Crippen molar-refractivity contribution in [3.63, 3.8) is 0 Å². The molecule has 2 rings (SSSR count). The zero-order valence-electron chi connectivity index (χ0n) is 10.2. The van der Waals surface area contributed by atoms with E-state index in [1.165, 1.54) is 5.56 Å². The number of carboxylic acids is 1. The molecule has 0 fully saturated rings. The van der Waals surface area contributed by atoms with E-state index in [-0.39, 0.29) is 12.2 Å². The molecule has 1 aliphatic rings. The molecule has 18 heavy (non-hydrogen) atoms. The number of fused-ring (bicyclic) bond motifs is 1. The van der Waals surface area contributed by atoms with Gasteiger partial charge in [-0.15, -0.1) is 0 Å². The number of ketones is 1. The Labute approximate surface area is 106 Å². The number of hydrogen-bond donors (Lipinski definition) is 2. The average Bonchev–Trinajstić information content (AvgIpc) is 2.37. The third-order valence-corrected chi connectivity index (χ3v) is 3.16. The van der Waals surface area contributed by atoms with Crippen LogP contribution in [0.15, 0.2) is 18.2 Å². The van der Waals surface area contributed by atoms with Gasteiger partial charge in [0.1, 0.15) is 0 Å². The Kier molecular flexibility index (Phi) is 3.97. The number of hydrogen-bond acceptors (Lipinski definition) is 3. The van der Waals surface area contributed by atoms with Gasteiger partial charge in [0.15, 0.2) is 5.78 Å². The van der Waals surface area contributed by atoms with Gasteiger partial charge in [0.25, 0.3) is 0 Å². The van der Waals surface area contributed by atoms with Crippen LogP contribution in [0.3, 0.4) is 0 Å². The second-order valence-electron chi connectivity index (χ2n) is 4.57. The normalized spacial score (nSPS) is 13.6. The van der Waals surface area contributed by atoms with Crippen LogP contribution in [-0.4, -0.2) is 23.4 Å². The van der Waals surface area contributed by atoms with Crippen molar-refractivity contribution in [2.24, 2.45) is 0 Å². The Hall–Kier alpha value is -1.84. The van der Waals surface area contributed by atoms with E-state index < -0.39 is 5.97 Å². The molecular formula is C14H17NO3. The Morgan fingerprint density at radius 3 is 2.89 bits per heavy atom. The number of carboxylic acid groups (broad SMARTS) is 1. The summed E-state index contributed by atoms with van der Waals surface area (Å²) in [4.78, 5) is 22.3. The van der Waals surface area contributed by atoms with Gasteiger partial charge in [0, 0.05) is 30.6 Å². The molecule has 0 spiro atoms. The monoisotopic (exact) mass is 247 g/mol.